The number of rotatable bonds is 6. The van der Waals surface area contributed by atoms with Crippen LogP contribution in [0.25, 0.3) is 10.9 Å². The number of nitrogens with one attached hydrogen (secondary N) is 1. The van der Waals surface area contributed by atoms with Crippen LogP contribution in [0.4, 0.5) is 4.39 Å². The van der Waals surface area contributed by atoms with E-state index < -0.39 is 0 Å². The Morgan fingerprint density at radius 3 is 2.66 bits per heavy atom. The smallest absolute Gasteiger partial charge is 0.251 e. The Morgan fingerprint density at radius 1 is 0.931 bits per heavy atom. The van der Waals surface area contributed by atoms with Crippen molar-refractivity contribution in [2.24, 2.45) is 0 Å². The van der Waals surface area contributed by atoms with Gasteiger partial charge < -0.3 is 10.1 Å². The number of carbonyl (C=O) groups excluding carboxylic acids is 1. The fourth-order valence-electron chi connectivity index (χ4n) is 2.99. The standard InChI is InChI=1S/C24H19FN2O2/c25-21-9-6-17(7-10-21)16-29-22-5-1-3-18(13-22)15-27-24(28)20-8-11-23-19(14-20)4-2-12-26-23/h1-14H,15-16H2,(H,27,28). The van der Waals surface area contributed by atoms with Crippen LogP contribution in [0.3, 0.4) is 0 Å². The number of aromatic nitrogens is 1. The molecule has 1 aromatic heterocycles. The predicted octanol–water partition coefficient (Wildman–Crippen LogP) is 4.88. The molecule has 0 aliphatic heterocycles. The zero-order valence-corrected chi connectivity index (χ0v) is 15.6. The molecule has 1 heterocycles. The minimum atomic E-state index is -0.269. The second-order valence-electron chi connectivity index (χ2n) is 6.66. The molecular formula is C24H19FN2O2. The van der Waals surface area contributed by atoms with Gasteiger partial charge in [-0.05, 0) is 59.7 Å². The first-order valence-electron chi connectivity index (χ1n) is 9.26. The Kier molecular flexibility index (Phi) is 5.47. The van der Waals surface area contributed by atoms with Gasteiger partial charge in [-0.3, -0.25) is 9.78 Å². The molecule has 0 aliphatic rings. The fourth-order valence-corrected chi connectivity index (χ4v) is 2.99. The van der Waals surface area contributed by atoms with Crippen molar-refractivity contribution in [3.05, 3.63) is 108 Å². The third-order valence-corrected chi connectivity index (χ3v) is 4.54. The lowest BCUT2D eigenvalue weighted by molar-refractivity contribution is 0.0951. The number of amides is 1. The fraction of sp³-hybridized carbons (Fsp3) is 0.0833. The zero-order chi connectivity index (χ0) is 20.1. The highest BCUT2D eigenvalue weighted by atomic mass is 19.1. The molecule has 1 N–H and O–H groups in total. The summed E-state index contributed by atoms with van der Waals surface area (Å²) in [7, 11) is 0. The highest BCUT2D eigenvalue weighted by molar-refractivity contribution is 5.97. The molecule has 0 radical (unpaired) electrons. The molecule has 0 bridgehead atoms. The minimum absolute atomic E-state index is 0.145. The van der Waals surface area contributed by atoms with Crippen molar-refractivity contribution in [1.29, 1.82) is 0 Å². The minimum Gasteiger partial charge on any atom is -0.489 e. The molecule has 4 nitrogen and oxygen atoms in total. The van der Waals surface area contributed by atoms with Gasteiger partial charge in [0.05, 0.1) is 5.52 Å². The van der Waals surface area contributed by atoms with Crippen LogP contribution >= 0.6 is 0 Å². The van der Waals surface area contributed by atoms with Crippen LogP contribution < -0.4 is 10.1 Å². The summed E-state index contributed by atoms with van der Waals surface area (Å²) in [5, 5.41) is 3.86. The molecule has 144 valence electrons. The predicted molar refractivity (Wildman–Crippen MR) is 110 cm³/mol. The maximum absolute atomic E-state index is 13.0. The summed E-state index contributed by atoms with van der Waals surface area (Å²) in [5.74, 6) is 0.278. The average molecular weight is 386 g/mol. The third-order valence-electron chi connectivity index (χ3n) is 4.54. The molecule has 0 unspecified atom stereocenters. The van der Waals surface area contributed by atoms with Crippen LogP contribution in [0.2, 0.25) is 0 Å². The van der Waals surface area contributed by atoms with Crippen molar-refractivity contribution in [1.82, 2.24) is 10.3 Å². The third kappa shape index (κ3) is 4.76. The summed E-state index contributed by atoms with van der Waals surface area (Å²) in [6, 6.07) is 23.0. The molecule has 4 aromatic rings. The van der Waals surface area contributed by atoms with Gasteiger partial charge in [-0.2, -0.15) is 0 Å². The molecule has 0 spiro atoms. The highest BCUT2D eigenvalue weighted by Gasteiger charge is 2.07. The summed E-state index contributed by atoms with van der Waals surface area (Å²) in [6.45, 7) is 0.735. The number of hydrogen-bond acceptors (Lipinski definition) is 3. The quantitative estimate of drug-likeness (QED) is 0.514. The molecule has 1 amide bonds. The molecule has 5 heteroatoms. The highest BCUT2D eigenvalue weighted by Crippen LogP contribution is 2.16. The molecule has 0 aliphatic carbocycles. The first kappa shape index (κ1) is 18.6. The van der Waals surface area contributed by atoms with E-state index >= 15 is 0 Å². The van der Waals surface area contributed by atoms with Crippen LogP contribution in [-0.4, -0.2) is 10.9 Å². The van der Waals surface area contributed by atoms with Gasteiger partial charge in [0.1, 0.15) is 18.2 Å². The summed E-state index contributed by atoms with van der Waals surface area (Å²) < 4.78 is 18.7. The van der Waals surface area contributed by atoms with E-state index in [1.807, 2.05) is 48.5 Å². The van der Waals surface area contributed by atoms with Crippen molar-refractivity contribution in [3.63, 3.8) is 0 Å². The second kappa shape index (κ2) is 8.52. The lowest BCUT2D eigenvalue weighted by Gasteiger charge is -2.10. The molecule has 0 fully saturated rings. The van der Waals surface area contributed by atoms with Gasteiger partial charge in [-0.15, -0.1) is 0 Å². The van der Waals surface area contributed by atoms with Gasteiger partial charge in [0.15, 0.2) is 0 Å². The van der Waals surface area contributed by atoms with E-state index in [1.165, 1.54) is 12.1 Å². The van der Waals surface area contributed by atoms with Gasteiger partial charge >= 0.3 is 0 Å². The van der Waals surface area contributed by atoms with Crippen LogP contribution in [0.15, 0.2) is 85.1 Å². The lowest BCUT2D eigenvalue weighted by atomic mass is 10.1. The van der Waals surface area contributed by atoms with Crippen molar-refractivity contribution in [2.75, 3.05) is 0 Å². The van der Waals surface area contributed by atoms with Gasteiger partial charge in [-0.1, -0.05) is 30.3 Å². The molecule has 29 heavy (non-hydrogen) atoms. The van der Waals surface area contributed by atoms with Gasteiger partial charge in [0.2, 0.25) is 0 Å². The normalized spacial score (nSPS) is 10.7. The van der Waals surface area contributed by atoms with E-state index in [9.17, 15) is 9.18 Å². The number of fused-ring (bicyclic) bond motifs is 1. The lowest BCUT2D eigenvalue weighted by Crippen LogP contribution is -2.22. The van der Waals surface area contributed by atoms with Crippen molar-refractivity contribution < 1.29 is 13.9 Å². The molecular weight excluding hydrogens is 367 g/mol. The van der Waals surface area contributed by atoms with Crippen molar-refractivity contribution >= 4 is 16.8 Å². The van der Waals surface area contributed by atoms with E-state index in [1.54, 1.807) is 24.4 Å². The van der Waals surface area contributed by atoms with Crippen LogP contribution in [-0.2, 0) is 13.2 Å². The van der Waals surface area contributed by atoms with Crippen molar-refractivity contribution in [3.8, 4) is 5.75 Å². The van der Waals surface area contributed by atoms with E-state index in [-0.39, 0.29) is 11.7 Å². The topological polar surface area (TPSA) is 51.2 Å². The van der Waals surface area contributed by atoms with E-state index in [2.05, 4.69) is 10.3 Å². The van der Waals surface area contributed by atoms with Crippen LogP contribution in [0.5, 0.6) is 5.75 Å². The number of hydrogen-bond donors (Lipinski definition) is 1. The van der Waals surface area contributed by atoms with E-state index in [0.29, 0.717) is 24.5 Å². The summed E-state index contributed by atoms with van der Waals surface area (Å²) >= 11 is 0. The maximum atomic E-state index is 13.0. The second-order valence-corrected chi connectivity index (χ2v) is 6.66. The average Bonchev–Trinajstić information content (AvgIpc) is 2.77. The first-order valence-corrected chi connectivity index (χ1v) is 9.26. The first-order chi connectivity index (χ1) is 14.2. The van der Waals surface area contributed by atoms with Crippen LogP contribution in [0.1, 0.15) is 21.5 Å². The Bertz CT molecular complexity index is 1140. The Balaban J connectivity index is 1.37. The summed E-state index contributed by atoms with van der Waals surface area (Å²) in [4.78, 5) is 16.8. The van der Waals surface area contributed by atoms with Gasteiger partial charge in [0, 0.05) is 23.7 Å². The maximum Gasteiger partial charge on any atom is 0.251 e. The molecule has 0 atom stereocenters. The van der Waals surface area contributed by atoms with E-state index in [4.69, 9.17) is 4.74 Å². The van der Waals surface area contributed by atoms with Gasteiger partial charge in [0.25, 0.3) is 5.91 Å². The monoisotopic (exact) mass is 386 g/mol. The largest absolute Gasteiger partial charge is 0.489 e. The number of ether oxygens (including phenoxy) is 1. The van der Waals surface area contributed by atoms with Crippen molar-refractivity contribution in [2.45, 2.75) is 13.2 Å². The van der Waals surface area contributed by atoms with E-state index in [0.717, 1.165) is 22.0 Å². The van der Waals surface area contributed by atoms with Gasteiger partial charge in [-0.25, -0.2) is 4.39 Å². The Hall–Kier alpha value is -3.73. The molecule has 0 saturated carbocycles. The molecule has 4 rings (SSSR count). The number of pyridine rings is 1. The number of nitrogens with zero attached hydrogens (tertiary/aromatic N) is 1. The number of carbonyl (C=O) groups is 1. The Labute approximate surface area is 168 Å². The zero-order valence-electron chi connectivity index (χ0n) is 15.6. The number of halogens is 1. The molecule has 0 saturated heterocycles. The summed E-state index contributed by atoms with van der Waals surface area (Å²) in [5.41, 5.74) is 3.26. The summed E-state index contributed by atoms with van der Waals surface area (Å²) in [6.07, 6.45) is 1.73. The SMILES string of the molecule is O=C(NCc1cccc(OCc2ccc(F)cc2)c1)c1ccc2ncccc2c1. The number of benzene rings is 3. The Morgan fingerprint density at radius 2 is 1.79 bits per heavy atom. The molecule has 3 aromatic carbocycles. The van der Waals surface area contributed by atoms with Crippen LogP contribution in [0, 0.1) is 5.82 Å².